The molecule has 12 heteroatoms. The molecule has 3 aromatic rings. The third-order valence-corrected chi connectivity index (χ3v) is 7.87. The number of sulfonamides is 1. The fourth-order valence-electron chi connectivity index (χ4n) is 3.52. The first kappa shape index (κ1) is 19.2. The minimum atomic E-state index is -4.26. The summed E-state index contributed by atoms with van der Waals surface area (Å²) in [5, 5.41) is 16.4. The second-order valence-corrected chi connectivity index (χ2v) is 10.1. The van der Waals surface area contributed by atoms with E-state index in [2.05, 4.69) is 25.5 Å². The van der Waals surface area contributed by atoms with E-state index in [0.717, 1.165) is 0 Å². The predicted octanol–water partition coefficient (Wildman–Crippen LogP) is 0.898. The zero-order chi connectivity index (χ0) is 20.9. The van der Waals surface area contributed by atoms with Gasteiger partial charge in [0, 0.05) is 24.8 Å². The van der Waals surface area contributed by atoms with Crippen molar-refractivity contribution in [2.45, 2.75) is 15.0 Å². The molecule has 0 spiro atoms. The van der Waals surface area contributed by atoms with Crippen molar-refractivity contribution in [2.24, 2.45) is 20.4 Å². The molecular formula is C18H17N7O3S2. The summed E-state index contributed by atoms with van der Waals surface area (Å²) >= 11 is 0. The van der Waals surface area contributed by atoms with Gasteiger partial charge in [0.25, 0.3) is 0 Å². The number of nitrogens with zero attached hydrogens (tertiary/aromatic N) is 5. The number of benzene rings is 1. The van der Waals surface area contributed by atoms with E-state index in [1.165, 1.54) is 0 Å². The number of hydrogen-bond donors (Lipinski definition) is 2. The molecular weight excluding hydrogens is 426 g/mol. The second kappa shape index (κ2) is 7.16. The molecule has 5 rings (SSSR count). The molecule has 1 aromatic carbocycles. The van der Waals surface area contributed by atoms with Crippen LogP contribution < -0.4 is 10.5 Å². The van der Waals surface area contributed by atoms with Gasteiger partial charge in [-0.15, -0.1) is 5.11 Å². The van der Waals surface area contributed by atoms with Crippen LogP contribution in [-0.4, -0.2) is 52.9 Å². The first-order valence-electron chi connectivity index (χ1n) is 9.11. The van der Waals surface area contributed by atoms with Crippen LogP contribution in [0.1, 0.15) is 5.56 Å². The standard InChI is InChI=1S/C18H17N7O3S2/c19-30(27,28)17-14(29(26)11-7-20-8-11)5-4-12(16(17)18-22-10-23-24-18)13-9-21-15-3-1-2-6-25(13)15/h1-6,9,11,20H,7-8,10H2,(H2,19,27,28). The number of hydrogen-bond acceptors (Lipinski definition) is 8. The molecule has 2 aliphatic heterocycles. The number of aliphatic imine (C=N–C) groups is 1. The highest BCUT2D eigenvalue weighted by molar-refractivity contribution is 7.91. The summed E-state index contributed by atoms with van der Waals surface area (Å²) in [4.78, 5) is 8.54. The van der Waals surface area contributed by atoms with E-state index in [1.54, 1.807) is 18.3 Å². The lowest BCUT2D eigenvalue weighted by Crippen LogP contribution is -2.49. The number of primary sulfonamides is 1. The molecule has 4 heterocycles. The van der Waals surface area contributed by atoms with Crippen molar-refractivity contribution >= 4 is 32.3 Å². The number of amidine groups is 1. The lowest BCUT2D eigenvalue weighted by molar-refractivity contribution is 0.525. The van der Waals surface area contributed by atoms with Gasteiger partial charge in [-0.05, 0) is 18.2 Å². The van der Waals surface area contributed by atoms with Crippen molar-refractivity contribution in [3.63, 3.8) is 0 Å². The molecule has 154 valence electrons. The van der Waals surface area contributed by atoms with E-state index in [9.17, 15) is 12.6 Å². The van der Waals surface area contributed by atoms with E-state index in [4.69, 9.17) is 5.14 Å². The van der Waals surface area contributed by atoms with Crippen LogP contribution in [0.25, 0.3) is 16.9 Å². The minimum absolute atomic E-state index is 0.0891. The Hall–Kier alpha value is -2.80. The van der Waals surface area contributed by atoms with Gasteiger partial charge in [-0.1, -0.05) is 12.1 Å². The molecule has 0 amide bonds. The van der Waals surface area contributed by atoms with E-state index in [0.29, 0.717) is 30.0 Å². The van der Waals surface area contributed by atoms with Gasteiger partial charge in [0.05, 0.1) is 38.4 Å². The molecule has 2 aliphatic rings. The average Bonchev–Trinajstić information content (AvgIpc) is 3.34. The molecule has 1 fully saturated rings. The topological polar surface area (TPSA) is 144 Å². The van der Waals surface area contributed by atoms with Crippen molar-refractivity contribution in [1.82, 2.24) is 14.7 Å². The number of azo groups is 1. The molecule has 3 N–H and O–H groups in total. The average molecular weight is 444 g/mol. The largest absolute Gasteiger partial charge is 0.314 e. The molecule has 0 bridgehead atoms. The lowest BCUT2D eigenvalue weighted by Gasteiger charge is -2.27. The Balaban J connectivity index is 1.84. The Morgan fingerprint density at radius 3 is 2.70 bits per heavy atom. The van der Waals surface area contributed by atoms with Crippen LogP contribution in [0, 0.1) is 0 Å². The van der Waals surface area contributed by atoms with Gasteiger partial charge < -0.3 is 5.32 Å². The Labute approximate surface area is 174 Å². The maximum absolute atomic E-state index is 13.1. The fraction of sp³-hybridized carbons (Fsp3) is 0.222. The van der Waals surface area contributed by atoms with Crippen LogP contribution in [0.2, 0.25) is 0 Å². The van der Waals surface area contributed by atoms with Gasteiger partial charge in [0.2, 0.25) is 10.0 Å². The van der Waals surface area contributed by atoms with Gasteiger partial charge in [-0.3, -0.25) is 8.61 Å². The highest BCUT2D eigenvalue weighted by Crippen LogP contribution is 2.35. The quantitative estimate of drug-likeness (QED) is 0.602. The molecule has 1 atom stereocenters. The molecule has 30 heavy (non-hydrogen) atoms. The first-order chi connectivity index (χ1) is 14.4. The zero-order valence-electron chi connectivity index (χ0n) is 15.6. The summed E-state index contributed by atoms with van der Waals surface area (Å²) in [5.41, 5.74) is 2.05. The molecule has 0 saturated carbocycles. The molecule has 10 nitrogen and oxygen atoms in total. The van der Waals surface area contributed by atoms with E-state index >= 15 is 0 Å². The normalized spacial score (nSPS) is 17.8. The predicted molar refractivity (Wildman–Crippen MR) is 111 cm³/mol. The number of imidazole rings is 1. The van der Waals surface area contributed by atoms with Gasteiger partial charge in [-0.25, -0.2) is 23.5 Å². The number of nitrogens with two attached hydrogens (primary N) is 1. The number of aromatic nitrogens is 2. The van der Waals surface area contributed by atoms with Crippen LogP contribution in [0.3, 0.4) is 0 Å². The van der Waals surface area contributed by atoms with Gasteiger partial charge in [0.1, 0.15) is 10.5 Å². The summed E-state index contributed by atoms with van der Waals surface area (Å²) in [6.45, 7) is 1.18. The maximum Gasteiger partial charge on any atom is 0.240 e. The van der Waals surface area contributed by atoms with Gasteiger partial charge in [0.15, 0.2) is 12.5 Å². The SMILES string of the molecule is NS(=O)(=O)c1c(S(=O)C2CNC2)ccc(-c2cnc3ccccn23)c1C1=NCN=N1. The van der Waals surface area contributed by atoms with Gasteiger partial charge in [-0.2, -0.15) is 5.11 Å². The lowest BCUT2D eigenvalue weighted by atomic mass is 10.0. The first-order valence-corrected chi connectivity index (χ1v) is 11.9. The monoisotopic (exact) mass is 443 g/mol. The van der Waals surface area contributed by atoms with Crippen molar-refractivity contribution in [2.75, 3.05) is 19.8 Å². The molecule has 0 aliphatic carbocycles. The van der Waals surface area contributed by atoms with Crippen LogP contribution in [0.15, 0.2) is 67.7 Å². The summed E-state index contributed by atoms with van der Waals surface area (Å²) in [6, 6.07) is 8.82. The Bertz CT molecular complexity index is 1360. The second-order valence-electron chi connectivity index (χ2n) is 6.87. The summed E-state index contributed by atoms with van der Waals surface area (Å²) in [6.07, 6.45) is 3.46. The smallest absolute Gasteiger partial charge is 0.240 e. The Morgan fingerprint density at radius 1 is 1.20 bits per heavy atom. The fourth-order valence-corrected chi connectivity index (χ4v) is 6.34. The summed E-state index contributed by atoms with van der Waals surface area (Å²) in [5.74, 6) is 0.144. The van der Waals surface area contributed by atoms with Crippen LogP contribution in [-0.2, 0) is 20.8 Å². The highest BCUT2D eigenvalue weighted by atomic mass is 32.2. The summed E-state index contributed by atoms with van der Waals surface area (Å²) < 4.78 is 40.4. The van der Waals surface area contributed by atoms with E-state index in [-0.39, 0.29) is 33.1 Å². The molecule has 2 aromatic heterocycles. The van der Waals surface area contributed by atoms with Crippen LogP contribution in [0.4, 0.5) is 0 Å². The minimum Gasteiger partial charge on any atom is -0.314 e. The highest BCUT2D eigenvalue weighted by Gasteiger charge is 2.34. The van der Waals surface area contributed by atoms with Crippen LogP contribution in [0.5, 0.6) is 0 Å². The maximum atomic E-state index is 13.1. The Kier molecular flexibility index (Phi) is 4.58. The number of nitrogens with one attached hydrogen (secondary N) is 1. The summed E-state index contributed by atoms with van der Waals surface area (Å²) in [7, 11) is -5.82. The van der Waals surface area contributed by atoms with Crippen molar-refractivity contribution in [3.05, 3.63) is 48.3 Å². The number of fused-ring (bicyclic) bond motifs is 1. The molecule has 0 radical (unpaired) electrons. The molecule has 1 saturated heterocycles. The van der Waals surface area contributed by atoms with Gasteiger partial charge >= 0.3 is 0 Å². The van der Waals surface area contributed by atoms with E-state index in [1.807, 2.05) is 28.8 Å². The third-order valence-electron chi connectivity index (χ3n) is 5.04. The van der Waals surface area contributed by atoms with Crippen molar-refractivity contribution < 1.29 is 12.6 Å². The van der Waals surface area contributed by atoms with Crippen LogP contribution >= 0.6 is 0 Å². The van der Waals surface area contributed by atoms with E-state index < -0.39 is 20.8 Å². The Morgan fingerprint density at radius 2 is 2.03 bits per heavy atom. The number of rotatable bonds is 5. The number of pyridine rings is 1. The zero-order valence-corrected chi connectivity index (χ0v) is 17.2. The molecule has 1 unspecified atom stereocenters. The van der Waals surface area contributed by atoms with Crippen molar-refractivity contribution in [1.29, 1.82) is 0 Å². The third kappa shape index (κ3) is 3.08. The van der Waals surface area contributed by atoms with Crippen molar-refractivity contribution in [3.8, 4) is 11.3 Å².